The summed E-state index contributed by atoms with van der Waals surface area (Å²) in [7, 11) is 1.40. The third-order valence-corrected chi connectivity index (χ3v) is 2.60. The summed E-state index contributed by atoms with van der Waals surface area (Å²) in [6, 6.07) is 3.85. The van der Waals surface area contributed by atoms with Gasteiger partial charge in [-0.1, -0.05) is 13.8 Å². The van der Waals surface area contributed by atoms with E-state index in [1.807, 2.05) is 13.8 Å². The second kappa shape index (κ2) is 6.35. The zero-order chi connectivity index (χ0) is 13.7. The van der Waals surface area contributed by atoms with Gasteiger partial charge < -0.3 is 15.2 Å². The third kappa shape index (κ3) is 4.00. The molecule has 1 aromatic rings. The standard InChI is InChI=1S/C13H18FNO3/c1-8(2)11(16)7-13(17)15-10-5-4-9(14)6-12(10)18-3/h4-6,8,11,16H,7H2,1-3H3,(H,15,17). The number of amides is 1. The van der Waals surface area contributed by atoms with E-state index in [1.165, 1.54) is 25.3 Å². The van der Waals surface area contributed by atoms with Gasteiger partial charge in [0.25, 0.3) is 0 Å². The van der Waals surface area contributed by atoms with Crippen LogP contribution < -0.4 is 10.1 Å². The lowest BCUT2D eigenvalue weighted by atomic mass is 10.0. The lowest BCUT2D eigenvalue weighted by molar-refractivity contribution is -0.118. The predicted octanol–water partition coefficient (Wildman–Crippen LogP) is 2.18. The molecule has 1 unspecified atom stereocenters. The van der Waals surface area contributed by atoms with Crippen molar-refractivity contribution in [3.05, 3.63) is 24.0 Å². The van der Waals surface area contributed by atoms with Crippen molar-refractivity contribution in [2.24, 2.45) is 5.92 Å². The van der Waals surface area contributed by atoms with Gasteiger partial charge in [0.1, 0.15) is 11.6 Å². The van der Waals surface area contributed by atoms with E-state index in [0.29, 0.717) is 5.69 Å². The van der Waals surface area contributed by atoms with E-state index in [9.17, 15) is 14.3 Å². The lowest BCUT2D eigenvalue weighted by Crippen LogP contribution is -2.23. The molecule has 100 valence electrons. The number of ether oxygens (including phenoxy) is 1. The number of nitrogens with one attached hydrogen (secondary N) is 1. The number of aliphatic hydroxyl groups excluding tert-OH is 1. The molecule has 2 N–H and O–H groups in total. The van der Waals surface area contributed by atoms with Crippen LogP contribution in [-0.2, 0) is 4.79 Å². The molecule has 0 aliphatic heterocycles. The maximum atomic E-state index is 13.0. The maximum absolute atomic E-state index is 13.0. The van der Waals surface area contributed by atoms with Crippen molar-refractivity contribution in [1.29, 1.82) is 0 Å². The van der Waals surface area contributed by atoms with Gasteiger partial charge in [0.15, 0.2) is 0 Å². The van der Waals surface area contributed by atoms with Crippen LogP contribution in [0.2, 0.25) is 0 Å². The molecule has 0 heterocycles. The van der Waals surface area contributed by atoms with E-state index in [1.54, 1.807) is 0 Å². The van der Waals surface area contributed by atoms with Crippen LogP contribution in [0.25, 0.3) is 0 Å². The summed E-state index contributed by atoms with van der Waals surface area (Å²) in [6.07, 6.45) is -0.700. The Morgan fingerprint density at radius 3 is 2.72 bits per heavy atom. The molecule has 1 aromatic carbocycles. The van der Waals surface area contributed by atoms with Crippen LogP contribution in [0.4, 0.5) is 10.1 Å². The minimum Gasteiger partial charge on any atom is -0.494 e. The van der Waals surface area contributed by atoms with E-state index in [2.05, 4.69) is 5.32 Å². The Kier molecular flexibility index (Phi) is 5.09. The summed E-state index contributed by atoms with van der Waals surface area (Å²) in [5, 5.41) is 12.2. The van der Waals surface area contributed by atoms with Crippen molar-refractivity contribution < 1.29 is 19.0 Å². The third-order valence-electron chi connectivity index (χ3n) is 2.60. The number of hydrogen-bond donors (Lipinski definition) is 2. The number of carbonyl (C=O) groups is 1. The second-order valence-corrected chi connectivity index (χ2v) is 4.41. The van der Waals surface area contributed by atoms with Crippen molar-refractivity contribution in [3.63, 3.8) is 0 Å². The highest BCUT2D eigenvalue weighted by Gasteiger charge is 2.15. The number of aliphatic hydroxyl groups is 1. The molecule has 1 atom stereocenters. The Balaban J connectivity index is 2.70. The van der Waals surface area contributed by atoms with Gasteiger partial charge in [-0.2, -0.15) is 0 Å². The van der Waals surface area contributed by atoms with Crippen molar-refractivity contribution in [1.82, 2.24) is 0 Å². The highest BCUT2D eigenvalue weighted by atomic mass is 19.1. The van der Waals surface area contributed by atoms with E-state index in [4.69, 9.17) is 4.74 Å². The van der Waals surface area contributed by atoms with Gasteiger partial charge >= 0.3 is 0 Å². The smallest absolute Gasteiger partial charge is 0.227 e. The summed E-state index contributed by atoms with van der Waals surface area (Å²) in [5.74, 6) is -0.513. The largest absolute Gasteiger partial charge is 0.494 e. The van der Waals surface area contributed by atoms with Gasteiger partial charge in [0, 0.05) is 6.07 Å². The van der Waals surface area contributed by atoms with Crippen LogP contribution in [0.3, 0.4) is 0 Å². The van der Waals surface area contributed by atoms with Crippen LogP contribution in [0, 0.1) is 11.7 Å². The molecule has 0 bridgehead atoms. The fourth-order valence-electron chi connectivity index (χ4n) is 1.40. The average Bonchev–Trinajstić information content (AvgIpc) is 2.31. The normalized spacial score (nSPS) is 12.3. The van der Waals surface area contributed by atoms with Crippen molar-refractivity contribution >= 4 is 11.6 Å². The summed E-state index contributed by atoms with van der Waals surface area (Å²) >= 11 is 0. The van der Waals surface area contributed by atoms with Crippen molar-refractivity contribution in [2.75, 3.05) is 12.4 Å². The minimum absolute atomic E-state index is 0.00179. The van der Waals surface area contributed by atoms with Gasteiger partial charge in [0.05, 0.1) is 25.3 Å². The molecular weight excluding hydrogens is 237 g/mol. The SMILES string of the molecule is COc1cc(F)ccc1NC(=O)CC(O)C(C)C. The van der Waals surface area contributed by atoms with Crippen molar-refractivity contribution in [3.8, 4) is 5.75 Å². The molecule has 0 saturated heterocycles. The second-order valence-electron chi connectivity index (χ2n) is 4.41. The van der Waals surface area contributed by atoms with E-state index in [0.717, 1.165) is 0 Å². The van der Waals surface area contributed by atoms with Crippen LogP contribution in [-0.4, -0.2) is 24.2 Å². The topological polar surface area (TPSA) is 58.6 Å². The number of rotatable bonds is 5. The van der Waals surface area contributed by atoms with Crippen molar-refractivity contribution in [2.45, 2.75) is 26.4 Å². The number of carbonyl (C=O) groups excluding carboxylic acids is 1. The van der Waals surface area contributed by atoms with E-state index >= 15 is 0 Å². The Hall–Kier alpha value is -1.62. The zero-order valence-corrected chi connectivity index (χ0v) is 10.7. The molecule has 0 saturated carbocycles. The molecule has 0 fully saturated rings. The summed E-state index contributed by atoms with van der Waals surface area (Å²) in [5.41, 5.74) is 0.389. The minimum atomic E-state index is -0.698. The average molecular weight is 255 g/mol. The monoisotopic (exact) mass is 255 g/mol. The molecule has 0 aliphatic carbocycles. The Labute approximate surface area is 106 Å². The number of halogens is 1. The molecular formula is C13H18FNO3. The lowest BCUT2D eigenvalue weighted by Gasteiger charge is -2.15. The Morgan fingerprint density at radius 2 is 2.17 bits per heavy atom. The van der Waals surface area contributed by atoms with Gasteiger partial charge in [-0.25, -0.2) is 4.39 Å². The van der Waals surface area contributed by atoms with Gasteiger partial charge in [0.2, 0.25) is 5.91 Å². The molecule has 0 aromatic heterocycles. The van der Waals surface area contributed by atoms with E-state index in [-0.39, 0.29) is 24.0 Å². The fourth-order valence-corrected chi connectivity index (χ4v) is 1.40. The molecule has 4 nitrogen and oxygen atoms in total. The summed E-state index contributed by atoms with van der Waals surface area (Å²) in [4.78, 5) is 11.7. The highest BCUT2D eigenvalue weighted by molar-refractivity contribution is 5.92. The molecule has 0 radical (unpaired) electrons. The predicted molar refractivity (Wildman–Crippen MR) is 67.0 cm³/mol. The maximum Gasteiger partial charge on any atom is 0.227 e. The summed E-state index contributed by atoms with van der Waals surface area (Å²) < 4.78 is 17.9. The quantitative estimate of drug-likeness (QED) is 0.847. The van der Waals surface area contributed by atoms with Crippen LogP contribution >= 0.6 is 0 Å². The highest BCUT2D eigenvalue weighted by Crippen LogP contribution is 2.25. The van der Waals surface area contributed by atoms with E-state index < -0.39 is 11.9 Å². The van der Waals surface area contributed by atoms with Crippen LogP contribution in [0.5, 0.6) is 5.75 Å². The molecule has 1 rings (SSSR count). The van der Waals surface area contributed by atoms with Crippen LogP contribution in [0.15, 0.2) is 18.2 Å². The molecule has 1 amide bonds. The summed E-state index contributed by atoms with van der Waals surface area (Å²) in [6.45, 7) is 3.66. The van der Waals surface area contributed by atoms with Crippen LogP contribution in [0.1, 0.15) is 20.3 Å². The number of benzene rings is 1. The number of methoxy groups -OCH3 is 1. The molecule has 0 spiro atoms. The zero-order valence-electron chi connectivity index (χ0n) is 10.7. The number of anilines is 1. The fraction of sp³-hybridized carbons (Fsp3) is 0.462. The number of hydrogen-bond acceptors (Lipinski definition) is 3. The Bertz CT molecular complexity index is 421. The first-order valence-corrected chi connectivity index (χ1v) is 5.75. The first-order chi connectivity index (χ1) is 8.43. The Morgan fingerprint density at radius 1 is 1.50 bits per heavy atom. The molecule has 18 heavy (non-hydrogen) atoms. The first kappa shape index (κ1) is 14.4. The van der Waals surface area contributed by atoms with Gasteiger partial charge in [-0.05, 0) is 18.1 Å². The first-order valence-electron chi connectivity index (χ1n) is 5.75. The van der Waals surface area contributed by atoms with Gasteiger partial charge in [-0.15, -0.1) is 0 Å². The molecule has 5 heteroatoms. The molecule has 0 aliphatic rings. The van der Waals surface area contributed by atoms with Gasteiger partial charge in [-0.3, -0.25) is 4.79 Å².